The number of carbonyl (C=O) groups excluding carboxylic acids is 1. The van der Waals surface area contributed by atoms with Crippen LogP contribution in [0.15, 0.2) is 18.2 Å². The Kier molecular flexibility index (Phi) is 3.65. The smallest absolute Gasteiger partial charge is 0.305 e. The summed E-state index contributed by atoms with van der Waals surface area (Å²) in [6.45, 7) is 1.69. The Hall–Kier alpha value is -1.84. The summed E-state index contributed by atoms with van der Waals surface area (Å²) in [6.07, 6.45) is 3.21. The third-order valence-electron chi connectivity index (χ3n) is 3.22. The SMILES string of the molecule is CC(CC(=O)O)NC(=O)c1ccc2c(c1)CCC2. The van der Waals surface area contributed by atoms with E-state index in [1.165, 1.54) is 11.1 Å². The van der Waals surface area contributed by atoms with E-state index < -0.39 is 5.97 Å². The van der Waals surface area contributed by atoms with Gasteiger partial charge in [-0.25, -0.2) is 0 Å². The molecule has 0 aromatic heterocycles. The van der Waals surface area contributed by atoms with E-state index in [9.17, 15) is 9.59 Å². The molecule has 0 fully saturated rings. The maximum Gasteiger partial charge on any atom is 0.305 e. The second kappa shape index (κ2) is 5.21. The van der Waals surface area contributed by atoms with Gasteiger partial charge >= 0.3 is 5.97 Å². The molecule has 0 saturated heterocycles. The third kappa shape index (κ3) is 2.88. The predicted octanol–water partition coefficient (Wildman–Crippen LogP) is 1.77. The molecule has 1 aliphatic rings. The van der Waals surface area contributed by atoms with Crippen LogP contribution in [0.2, 0.25) is 0 Å². The molecule has 0 aliphatic heterocycles. The summed E-state index contributed by atoms with van der Waals surface area (Å²) < 4.78 is 0. The molecule has 0 bridgehead atoms. The van der Waals surface area contributed by atoms with Crippen molar-refractivity contribution < 1.29 is 14.7 Å². The summed E-state index contributed by atoms with van der Waals surface area (Å²) in [4.78, 5) is 22.5. The van der Waals surface area contributed by atoms with E-state index in [0.717, 1.165) is 19.3 Å². The van der Waals surface area contributed by atoms with Gasteiger partial charge in [0, 0.05) is 11.6 Å². The summed E-state index contributed by atoms with van der Waals surface area (Å²) >= 11 is 0. The van der Waals surface area contributed by atoms with Crippen LogP contribution in [-0.4, -0.2) is 23.0 Å². The van der Waals surface area contributed by atoms with Crippen molar-refractivity contribution in [2.75, 3.05) is 0 Å². The molecule has 1 aromatic carbocycles. The van der Waals surface area contributed by atoms with Crippen molar-refractivity contribution >= 4 is 11.9 Å². The molecule has 0 heterocycles. The van der Waals surface area contributed by atoms with Gasteiger partial charge in [-0.05, 0) is 49.4 Å². The lowest BCUT2D eigenvalue weighted by Crippen LogP contribution is -2.34. The first-order valence-electron chi connectivity index (χ1n) is 6.20. The van der Waals surface area contributed by atoms with E-state index in [1.54, 1.807) is 6.92 Å². The van der Waals surface area contributed by atoms with Crippen molar-refractivity contribution in [3.8, 4) is 0 Å². The van der Waals surface area contributed by atoms with Crippen LogP contribution >= 0.6 is 0 Å². The summed E-state index contributed by atoms with van der Waals surface area (Å²) in [5, 5.41) is 11.3. The predicted molar refractivity (Wildman–Crippen MR) is 67.6 cm³/mol. The van der Waals surface area contributed by atoms with Gasteiger partial charge in [-0.2, -0.15) is 0 Å². The molecule has 1 unspecified atom stereocenters. The van der Waals surface area contributed by atoms with E-state index in [2.05, 4.69) is 5.32 Å². The van der Waals surface area contributed by atoms with Crippen molar-refractivity contribution in [3.63, 3.8) is 0 Å². The average molecular weight is 247 g/mol. The maximum atomic E-state index is 11.9. The highest BCUT2D eigenvalue weighted by atomic mass is 16.4. The first-order chi connectivity index (χ1) is 8.56. The Balaban J connectivity index is 2.03. The highest BCUT2D eigenvalue weighted by Crippen LogP contribution is 2.22. The molecule has 1 amide bonds. The fourth-order valence-corrected chi connectivity index (χ4v) is 2.33. The fraction of sp³-hybridized carbons (Fsp3) is 0.429. The van der Waals surface area contributed by atoms with Crippen molar-refractivity contribution in [2.45, 2.75) is 38.6 Å². The van der Waals surface area contributed by atoms with Gasteiger partial charge in [0.15, 0.2) is 0 Å². The van der Waals surface area contributed by atoms with Gasteiger partial charge in [0.05, 0.1) is 6.42 Å². The number of aliphatic carboxylic acids is 1. The number of rotatable bonds is 4. The molecule has 18 heavy (non-hydrogen) atoms. The van der Waals surface area contributed by atoms with Gasteiger partial charge in [0.2, 0.25) is 0 Å². The molecule has 1 aromatic rings. The van der Waals surface area contributed by atoms with E-state index in [1.807, 2.05) is 18.2 Å². The largest absolute Gasteiger partial charge is 0.481 e. The lowest BCUT2D eigenvalue weighted by atomic mass is 10.1. The molecule has 0 radical (unpaired) electrons. The molecule has 4 nitrogen and oxygen atoms in total. The lowest BCUT2D eigenvalue weighted by molar-refractivity contribution is -0.137. The number of carboxylic acids is 1. The van der Waals surface area contributed by atoms with E-state index >= 15 is 0 Å². The Bertz CT molecular complexity index is 482. The molecule has 1 aliphatic carbocycles. The highest BCUT2D eigenvalue weighted by Gasteiger charge is 2.16. The number of carboxylic acid groups (broad SMARTS) is 1. The van der Waals surface area contributed by atoms with Crippen LogP contribution in [0.1, 0.15) is 41.3 Å². The van der Waals surface area contributed by atoms with Crippen LogP contribution < -0.4 is 5.32 Å². The molecule has 2 rings (SSSR count). The number of fused-ring (bicyclic) bond motifs is 1. The molecule has 2 N–H and O–H groups in total. The summed E-state index contributed by atoms with van der Waals surface area (Å²) in [6, 6.07) is 5.38. The topological polar surface area (TPSA) is 66.4 Å². The van der Waals surface area contributed by atoms with Crippen molar-refractivity contribution in [3.05, 3.63) is 34.9 Å². The van der Waals surface area contributed by atoms with Crippen LogP contribution in [0.5, 0.6) is 0 Å². The molecular weight excluding hydrogens is 230 g/mol. The monoisotopic (exact) mass is 247 g/mol. The zero-order valence-electron chi connectivity index (χ0n) is 10.4. The number of nitrogens with one attached hydrogen (secondary N) is 1. The normalized spacial score (nSPS) is 14.9. The van der Waals surface area contributed by atoms with Crippen LogP contribution in [0.4, 0.5) is 0 Å². The number of carbonyl (C=O) groups is 2. The molecule has 96 valence electrons. The number of amides is 1. The van der Waals surface area contributed by atoms with Crippen LogP contribution in [0.25, 0.3) is 0 Å². The Morgan fingerprint density at radius 2 is 2.06 bits per heavy atom. The van der Waals surface area contributed by atoms with Gasteiger partial charge in [0.25, 0.3) is 5.91 Å². The summed E-state index contributed by atoms with van der Waals surface area (Å²) in [5.74, 6) is -1.10. The third-order valence-corrected chi connectivity index (χ3v) is 3.22. The Labute approximate surface area is 106 Å². The van der Waals surface area contributed by atoms with Gasteiger partial charge in [0.1, 0.15) is 0 Å². The zero-order chi connectivity index (χ0) is 13.1. The van der Waals surface area contributed by atoms with Crippen LogP contribution in [0, 0.1) is 0 Å². The van der Waals surface area contributed by atoms with E-state index in [-0.39, 0.29) is 18.4 Å². The van der Waals surface area contributed by atoms with Crippen LogP contribution in [-0.2, 0) is 17.6 Å². The molecule has 0 spiro atoms. The van der Waals surface area contributed by atoms with Crippen molar-refractivity contribution in [2.24, 2.45) is 0 Å². The first-order valence-corrected chi connectivity index (χ1v) is 6.20. The average Bonchev–Trinajstić information content (AvgIpc) is 2.74. The Morgan fingerprint density at radius 1 is 1.33 bits per heavy atom. The molecule has 0 saturated carbocycles. The summed E-state index contributed by atoms with van der Waals surface area (Å²) in [5.41, 5.74) is 3.19. The Morgan fingerprint density at radius 3 is 2.78 bits per heavy atom. The van der Waals surface area contributed by atoms with E-state index in [0.29, 0.717) is 5.56 Å². The highest BCUT2D eigenvalue weighted by molar-refractivity contribution is 5.94. The molecule has 1 atom stereocenters. The van der Waals surface area contributed by atoms with Gasteiger partial charge in [-0.15, -0.1) is 0 Å². The fourth-order valence-electron chi connectivity index (χ4n) is 2.33. The second-order valence-corrected chi connectivity index (χ2v) is 4.81. The summed E-state index contributed by atoms with van der Waals surface area (Å²) in [7, 11) is 0. The van der Waals surface area contributed by atoms with E-state index in [4.69, 9.17) is 5.11 Å². The van der Waals surface area contributed by atoms with Gasteiger partial charge in [-0.3, -0.25) is 9.59 Å². The van der Waals surface area contributed by atoms with Crippen LogP contribution in [0.3, 0.4) is 0 Å². The minimum Gasteiger partial charge on any atom is -0.481 e. The molecule has 4 heteroatoms. The first kappa shape index (κ1) is 12.6. The number of aryl methyl sites for hydroxylation is 2. The molecular formula is C14H17NO3. The zero-order valence-corrected chi connectivity index (χ0v) is 10.4. The number of hydrogen-bond acceptors (Lipinski definition) is 2. The second-order valence-electron chi connectivity index (χ2n) is 4.81. The van der Waals surface area contributed by atoms with Gasteiger partial charge in [-0.1, -0.05) is 6.07 Å². The van der Waals surface area contributed by atoms with Crippen molar-refractivity contribution in [1.29, 1.82) is 0 Å². The van der Waals surface area contributed by atoms with Crippen molar-refractivity contribution in [1.82, 2.24) is 5.32 Å². The van der Waals surface area contributed by atoms with Gasteiger partial charge < -0.3 is 10.4 Å². The minimum absolute atomic E-state index is 0.0588. The maximum absolute atomic E-state index is 11.9. The standard InChI is InChI=1S/C14H17NO3/c1-9(7-13(16)17)15-14(18)12-6-5-10-3-2-4-11(10)8-12/h5-6,8-9H,2-4,7H2,1H3,(H,15,18)(H,16,17). The quantitative estimate of drug-likeness (QED) is 0.852. The number of hydrogen-bond donors (Lipinski definition) is 2. The minimum atomic E-state index is -0.906. The lowest BCUT2D eigenvalue weighted by Gasteiger charge is -2.12. The number of benzene rings is 1.